The van der Waals surface area contributed by atoms with E-state index < -0.39 is 17.4 Å². The molecular weight excluding hydrogens is 329 g/mol. The summed E-state index contributed by atoms with van der Waals surface area (Å²) in [5, 5.41) is 2.85. The quantitative estimate of drug-likeness (QED) is 0.542. The molecule has 24 heavy (non-hydrogen) atoms. The van der Waals surface area contributed by atoms with Crippen molar-refractivity contribution in [2.75, 3.05) is 12.9 Å². The van der Waals surface area contributed by atoms with E-state index in [0.717, 1.165) is 5.56 Å². The van der Waals surface area contributed by atoms with E-state index in [1.54, 1.807) is 18.2 Å². The maximum absolute atomic E-state index is 14.2. The zero-order valence-electron chi connectivity index (χ0n) is 15.3. The van der Waals surface area contributed by atoms with Crippen molar-refractivity contribution in [1.82, 2.24) is 5.32 Å². The molecule has 6 heteroatoms. The number of benzene rings is 1. The zero-order chi connectivity index (χ0) is 18.4. The highest BCUT2D eigenvalue weighted by Crippen LogP contribution is 2.28. The molecule has 1 rings (SSSR count). The summed E-state index contributed by atoms with van der Waals surface area (Å²) < 4.78 is 24.9. The lowest BCUT2D eigenvalue weighted by Crippen LogP contribution is -2.35. The zero-order valence-corrected chi connectivity index (χ0v) is 16.1. The molecular formula is C18H28FNO3S. The van der Waals surface area contributed by atoms with Crippen molar-refractivity contribution in [3.05, 3.63) is 35.4 Å². The summed E-state index contributed by atoms with van der Waals surface area (Å²) >= 11 is 1.27. The Bertz CT molecular complexity index is 538. The summed E-state index contributed by atoms with van der Waals surface area (Å²) in [4.78, 5) is 12.1. The molecule has 136 valence electrons. The second-order valence-corrected chi connectivity index (χ2v) is 7.64. The first-order valence-corrected chi connectivity index (χ1v) is 9.12. The lowest BCUT2D eigenvalue weighted by atomic mass is 9.95. The number of halogens is 1. The number of hydrogen-bond acceptors (Lipinski definition) is 4. The fraction of sp³-hybridized carbons (Fsp3) is 0.611. The molecule has 0 saturated heterocycles. The largest absolute Gasteiger partial charge is 0.444 e. The fourth-order valence-electron chi connectivity index (χ4n) is 2.15. The second kappa shape index (κ2) is 8.72. The predicted octanol–water partition coefficient (Wildman–Crippen LogP) is 5.14. The molecule has 0 fully saturated rings. The molecule has 4 nitrogen and oxygen atoms in total. The minimum absolute atomic E-state index is 0.311. The number of carbonyl (C=O) groups is 1. The van der Waals surface area contributed by atoms with E-state index in [2.05, 4.69) is 5.32 Å². The smallest absolute Gasteiger partial charge is 0.408 e. The monoisotopic (exact) mass is 357 g/mol. The molecule has 0 aliphatic heterocycles. The Kier molecular flexibility index (Phi) is 7.55. The summed E-state index contributed by atoms with van der Waals surface area (Å²) in [5.74, 6) is 0. The average Bonchev–Trinajstić information content (AvgIpc) is 2.44. The number of alkyl carbamates (subject to hydrolysis) is 1. The van der Waals surface area contributed by atoms with E-state index in [1.807, 2.05) is 33.1 Å². The van der Waals surface area contributed by atoms with E-state index in [9.17, 15) is 9.18 Å². The Balaban J connectivity index is 2.94. The Morgan fingerprint density at radius 1 is 1.29 bits per heavy atom. The standard InChI is InChI=1S/C18H28FNO3S/c1-17(2,3)23-16(21)20-15(10-11-22-24-6)13-8-7-9-14(12-13)18(4,5)19/h7-9,12,15H,10-11H2,1-6H3,(H,20,21). The van der Waals surface area contributed by atoms with Crippen molar-refractivity contribution in [3.8, 4) is 0 Å². The number of carbonyl (C=O) groups excluding carboxylic acids is 1. The number of amides is 1. The maximum atomic E-state index is 14.2. The van der Waals surface area contributed by atoms with Crippen LogP contribution in [-0.4, -0.2) is 24.6 Å². The molecule has 0 heterocycles. The van der Waals surface area contributed by atoms with Gasteiger partial charge in [0.05, 0.1) is 12.6 Å². The first kappa shape index (κ1) is 20.8. The minimum atomic E-state index is -1.44. The second-order valence-electron chi connectivity index (χ2n) is 7.07. The average molecular weight is 357 g/mol. The number of rotatable bonds is 7. The molecule has 1 unspecified atom stereocenters. The van der Waals surface area contributed by atoms with Crippen molar-refractivity contribution in [2.45, 2.75) is 58.4 Å². The van der Waals surface area contributed by atoms with Crippen molar-refractivity contribution in [2.24, 2.45) is 0 Å². The lowest BCUT2D eigenvalue weighted by molar-refractivity contribution is 0.0498. The number of hydrogen-bond donors (Lipinski definition) is 1. The van der Waals surface area contributed by atoms with Gasteiger partial charge in [-0.25, -0.2) is 9.18 Å². The van der Waals surface area contributed by atoms with Crippen LogP contribution >= 0.6 is 12.0 Å². The Labute approximate surface area is 148 Å². The van der Waals surface area contributed by atoms with Gasteiger partial charge >= 0.3 is 6.09 Å². The molecule has 0 bridgehead atoms. The Morgan fingerprint density at radius 2 is 1.96 bits per heavy atom. The summed E-state index contributed by atoms with van der Waals surface area (Å²) in [6.07, 6.45) is 1.90. The van der Waals surface area contributed by atoms with Crippen molar-refractivity contribution in [3.63, 3.8) is 0 Å². The molecule has 0 aliphatic carbocycles. The van der Waals surface area contributed by atoms with E-state index in [4.69, 9.17) is 8.92 Å². The van der Waals surface area contributed by atoms with Gasteiger partial charge in [0.1, 0.15) is 11.3 Å². The third kappa shape index (κ3) is 7.53. The van der Waals surface area contributed by atoms with E-state index in [-0.39, 0.29) is 6.04 Å². The number of alkyl halides is 1. The molecule has 0 saturated carbocycles. The molecule has 1 N–H and O–H groups in total. The van der Waals surface area contributed by atoms with E-state index in [0.29, 0.717) is 18.6 Å². The van der Waals surface area contributed by atoms with Gasteiger partial charge in [0.15, 0.2) is 0 Å². The molecule has 0 radical (unpaired) electrons. The molecule has 0 aromatic heterocycles. The van der Waals surface area contributed by atoms with Gasteiger partial charge in [-0.15, -0.1) is 0 Å². The minimum Gasteiger partial charge on any atom is -0.444 e. The van der Waals surface area contributed by atoms with Crippen LogP contribution < -0.4 is 5.32 Å². The number of ether oxygens (including phenoxy) is 1. The van der Waals surface area contributed by atoms with Gasteiger partial charge < -0.3 is 14.2 Å². The summed E-state index contributed by atoms with van der Waals surface area (Å²) in [5.41, 5.74) is -0.620. The first-order valence-electron chi connectivity index (χ1n) is 7.97. The number of nitrogens with one attached hydrogen (secondary N) is 1. The highest BCUT2D eigenvalue weighted by molar-refractivity contribution is 7.93. The fourth-order valence-corrected chi connectivity index (χ4v) is 2.41. The van der Waals surface area contributed by atoms with Gasteiger partial charge in [-0.1, -0.05) is 24.3 Å². The summed E-state index contributed by atoms with van der Waals surface area (Å²) in [7, 11) is 0. The highest BCUT2D eigenvalue weighted by Gasteiger charge is 2.23. The first-order chi connectivity index (χ1) is 11.0. The van der Waals surface area contributed by atoms with Crippen LogP contribution in [-0.2, 0) is 14.6 Å². The third-order valence-electron chi connectivity index (χ3n) is 3.27. The normalized spacial score (nSPS) is 13.5. The Morgan fingerprint density at radius 3 is 2.50 bits per heavy atom. The molecule has 1 aromatic carbocycles. The van der Waals surface area contributed by atoms with Gasteiger partial charge in [0.25, 0.3) is 0 Å². The highest BCUT2D eigenvalue weighted by atomic mass is 32.2. The van der Waals surface area contributed by atoms with Crippen molar-refractivity contribution in [1.29, 1.82) is 0 Å². The van der Waals surface area contributed by atoms with E-state index >= 15 is 0 Å². The SMILES string of the molecule is CSOCCC(NC(=O)OC(C)(C)C)c1cccc(C(C)(C)F)c1. The van der Waals surface area contributed by atoms with Crippen LogP contribution in [0, 0.1) is 0 Å². The van der Waals surface area contributed by atoms with Gasteiger partial charge in [-0.3, -0.25) is 0 Å². The summed E-state index contributed by atoms with van der Waals surface area (Å²) in [6.45, 7) is 8.92. The van der Waals surface area contributed by atoms with Crippen LogP contribution in [0.5, 0.6) is 0 Å². The van der Waals surface area contributed by atoms with Gasteiger partial charge in [-0.2, -0.15) is 0 Å². The van der Waals surface area contributed by atoms with Gasteiger partial charge in [-0.05, 0) is 64.2 Å². The topological polar surface area (TPSA) is 47.6 Å². The predicted molar refractivity (Wildman–Crippen MR) is 96.8 cm³/mol. The summed E-state index contributed by atoms with van der Waals surface area (Å²) in [6, 6.07) is 6.88. The molecule has 0 aliphatic rings. The van der Waals surface area contributed by atoms with Gasteiger partial charge in [0, 0.05) is 6.26 Å². The van der Waals surface area contributed by atoms with Crippen LogP contribution in [0.25, 0.3) is 0 Å². The maximum Gasteiger partial charge on any atom is 0.408 e. The molecule has 1 atom stereocenters. The Hall–Kier alpha value is -1.27. The van der Waals surface area contributed by atoms with Gasteiger partial charge in [0.2, 0.25) is 0 Å². The van der Waals surface area contributed by atoms with Crippen LogP contribution in [0.15, 0.2) is 24.3 Å². The lowest BCUT2D eigenvalue weighted by Gasteiger charge is -2.25. The molecule has 1 amide bonds. The van der Waals surface area contributed by atoms with Crippen LogP contribution in [0.1, 0.15) is 58.2 Å². The van der Waals surface area contributed by atoms with Crippen LogP contribution in [0.2, 0.25) is 0 Å². The van der Waals surface area contributed by atoms with Crippen molar-refractivity contribution >= 4 is 18.1 Å². The van der Waals surface area contributed by atoms with E-state index in [1.165, 1.54) is 25.9 Å². The van der Waals surface area contributed by atoms with Crippen LogP contribution in [0.3, 0.4) is 0 Å². The third-order valence-corrected chi connectivity index (χ3v) is 3.68. The molecule has 1 aromatic rings. The molecule has 0 spiro atoms. The van der Waals surface area contributed by atoms with Crippen molar-refractivity contribution < 1.29 is 18.1 Å². The van der Waals surface area contributed by atoms with Crippen LogP contribution in [0.4, 0.5) is 9.18 Å².